The number of aromatic nitrogens is 1. The Morgan fingerprint density at radius 3 is 2.50 bits per heavy atom. The fraction of sp³-hybridized carbons (Fsp3) is 0.148. The zero-order valence-electron chi connectivity index (χ0n) is 20.1. The molecular formula is C27H20ClFN2O4S3. The van der Waals surface area contributed by atoms with Crippen molar-refractivity contribution in [1.82, 2.24) is 4.37 Å². The number of rotatable bonds is 7. The van der Waals surface area contributed by atoms with Gasteiger partial charge in [0.2, 0.25) is 0 Å². The monoisotopic (exact) mass is 586 g/mol. The van der Waals surface area contributed by atoms with E-state index in [1.54, 1.807) is 0 Å². The van der Waals surface area contributed by atoms with Gasteiger partial charge in [-0.1, -0.05) is 41.9 Å². The Hall–Kier alpha value is -3.31. The molecule has 0 radical (unpaired) electrons. The summed E-state index contributed by atoms with van der Waals surface area (Å²) in [6.45, 7) is 3.64. The van der Waals surface area contributed by atoms with E-state index in [2.05, 4.69) is 9.69 Å². The molecule has 0 bridgehead atoms. The molecule has 11 heteroatoms. The number of nitrogens with one attached hydrogen (secondary N) is 1. The smallest absolute Gasteiger partial charge is 0.412 e. The number of ether oxygens (including phenoxy) is 1. The molecule has 1 atom stereocenters. The number of amides is 1. The Bertz CT molecular complexity index is 1630. The quantitative estimate of drug-likeness (QED) is 0.199. The van der Waals surface area contributed by atoms with E-state index in [4.69, 9.17) is 21.4 Å². The third kappa shape index (κ3) is 5.44. The van der Waals surface area contributed by atoms with Crippen molar-refractivity contribution in [2.75, 3.05) is 5.32 Å². The largest absolute Gasteiger partial charge is 0.481 e. The van der Waals surface area contributed by atoms with Gasteiger partial charge in [0, 0.05) is 24.9 Å². The van der Waals surface area contributed by atoms with E-state index in [0.29, 0.717) is 21.8 Å². The molecule has 0 aliphatic carbocycles. The summed E-state index contributed by atoms with van der Waals surface area (Å²) >= 11 is 10.4. The van der Waals surface area contributed by atoms with Crippen molar-refractivity contribution in [3.05, 3.63) is 82.3 Å². The van der Waals surface area contributed by atoms with Crippen LogP contribution in [0.2, 0.25) is 5.02 Å². The predicted molar refractivity (Wildman–Crippen MR) is 152 cm³/mol. The van der Waals surface area contributed by atoms with Crippen molar-refractivity contribution in [2.24, 2.45) is 0 Å². The molecule has 0 aliphatic rings. The van der Waals surface area contributed by atoms with Crippen LogP contribution in [-0.2, 0) is 16.0 Å². The second-order valence-electron chi connectivity index (χ2n) is 8.50. The molecule has 2 aromatic carbocycles. The number of aliphatic carboxylic acids is 1. The molecule has 2 N–H and O–H groups in total. The minimum absolute atomic E-state index is 0.213. The van der Waals surface area contributed by atoms with Crippen molar-refractivity contribution < 1.29 is 23.8 Å². The molecule has 0 unspecified atom stereocenters. The molecule has 3 aromatic heterocycles. The van der Waals surface area contributed by atoms with E-state index in [-0.39, 0.29) is 17.0 Å². The number of thiophene rings is 2. The van der Waals surface area contributed by atoms with Gasteiger partial charge in [0.1, 0.15) is 11.9 Å². The summed E-state index contributed by atoms with van der Waals surface area (Å²) in [5, 5.41) is 12.1. The van der Waals surface area contributed by atoms with E-state index >= 15 is 0 Å². The maximum Gasteiger partial charge on any atom is 0.412 e. The number of carbonyl (C=O) groups is 2. The lowest BCUT2D eigenvalue weighted by molar-refractivity contribution is -0.136. The number of anilines is 1. The van der Waals surface area contributed by atoms with Crippen LogP contribution in [0.15, 0.2) is 54.6 Å². The second kappa shape index (κ2) is 10.8. The summed E-state index contributed by atoms with van der Waals surface area (Å²) in [4.78, 5) is 26.1. The SMILES string of the molecule is Cc1nsc(-c2cc3sc(-c4cc(Cl)c(CC(=O)O)cc4F)cc3s2)c1NC(=O)O[C@H](C)c1ccccc1. The molecule has 0 aliphatic heterocycles. The predicted octanol–water partition coefficient (Wildman–Crippen LogP) is 8.79. The summed E-state index contributed by atoms with van der Waals surface area (Å²) in [6, 6.07) is 16.0. The van der Waals surface area contributed by atoms with E-state index in [0.717, 1.165) is 24.7 Å². The van der Waals surface area contributed by atoms with Crippen molar-refractivity contribution in [1.29, 1.82) is 0 Å². The molecule has 38 heavy (non-hydrogen) atoms. The molecular weight excluding hydrogens is 567 g/mol. The van der Waals surface area contributed by atoms with Gasteiger partial charge in [-0.05, 0) is 60.8 Å². The van der Waals surface area contributed by atoms with Crippen LogP contribution in [-0.4, -0.2) is 21.5 Å². The average Bonchev–Trinajstić information content (AvgIpc) is 3.55. The number of carbonyl (C=O) groups excluding carboxylic acids is 1. The van der Waals surface area contributed by atoms with Crippen LogP contribution in [0.3, 0.4) is 0 Å². The number of halogens is 2. The van der Waals surface area contributed by atoms with Gasteiger partial charge in [-0.15, -0.1) is 22.7 Å². The highest BCUT2D eigenvalue weighted by molar-refractivity contribution is 7.32. The van der Waals surface area contributed by atoms with Crippen molar-refractivity contribution in [2.45, 2.75) is 26.4 Å². The van der Waals surface area contributed by atoms with Crippen LogP contribution in [0, 0.1) is 12.7 Å². The molecule has 5 rings (SSSR count). The fourth-order valence-electron chi connectivity index (χ4n) is 3.92. The number of carboxylic acid groups (broad SMARTS) is 1. The summed E-state index contributed by atoms with van der Waals surface area (Å²) in [5.41, 5.74) is 2.74. The zero-order valence-corrected chi connectivity index (χ0v) is 23.3. The van der Waals surface area contributed by atoms with Gasteiger partial charge in [-0.2, -0.15) is 4.37 Å². The number of hydrogen-bond acceptors (Lipinski definition) is 7. The van der Waals surface area contributed by atoms with Gasteiger partial charge in [-0.3, -0.25) is 10.1 Å². The molecule has 0 saturated carbocycles. The van der Waals surface area contributed by atoms with Crippen LogP contribution in [0.25, 0.3) is 29.6 Å². The Kier molecular flexibility index (Phi) is 7.49. The van der Waals surface area contributed by atoms with Gasteiger partial charge in [0.05, 0.1) is 27.6 Å². The normalized spacial score (nSPS) is 12.0. The van der Waals surface area contributed by atoms with Crippen LogP contribution in [0.5, 0.6) is 0 Å². The van der Waals surface area contributed by atoms with Gasteiger partial charge < -0.3 is 9.84 Å². The number of carboxylic acids is 1. The molecule has 0 saturated heterocycles. The summed E-state index contributed by atoms with van der Waals surface area (Å²) in [6.07, 6.45) is -1.32. The average molecular weight is 587 g/mol. The Labute approximate surface area is 234 Å². The highest BCUT2D eigenvalue weighted by Crippen LogP contribution is 2.46. The minimum Gasteiger partial charge on any atom is -0.481 e. The third-order valence-corrected chi connectivity index (χ3v) is 9.61. The second-order valence-corrected chi connectivity index (χ2v) is 11.8. The molecule has 3 heterocycles. The van der Waals surface area contributed by atoms with E-state index in [9.17, 15) is 14.0 Å². The van der Waals surface area contributed by atoms with Crippen molar-refractivity contribution >= 4 is 73.0 Å². The van der Waals surface area contributed by atoms with Gasteiger partial charge in [-0.25, -0.2) is 9.18 Å². The van der Waals surface area contributed by atoms with Crippen LogP contribution < -0.4 is 5.32 Å². The van der Waals surface area contributed by atoms with Crippen molar-refractivity contribution in [3.8, 4) is 20.2 Å². The lowest BCUT2D eigenvalue weighted by Gasteiger charge is -2.14. The van der Waals surface area contributed by atoms with E-state index in [1.807, 2.05) is 56.3 Å². The van der Waals surface area contributed by atoms with Gasteiger partial charge in [0.15, 0.2) is 0 Å². The van der Waals surface area contributed by atoms with E-state index < -0.39 is 24.0 Å². The van der Waals surface area contributed by atoms with Crippen molar-refractivity contribution in [3.63, 3.8) is 0 Å². The van der Waals surface area contributed by atoms with Gasteiger partial charge in [0.25, 0.3) is 0 Å². The summed E-state index contributed by atoms with van der Waals surface area (Å²) in [5.74, 6) is -1.60. The number of hydrogen-bond donors (Lipinski definition) is 2. The van der Waals surface area contributed by atoms with Crippen LogP contribution in [0.1, 0.15) is 29.8 Å². The first kappa shape index (κ1) is 26.3. The molecule has 5 aromatic rings. The van der Waals surface area contributed by atoms with Crippen LogP contribution >= 0.6 is 45.8 Å². The Morgan fingerprint density at radius 1 is 1.11 bits per heavy atom. The van der Waals surface area contributed by atoms with Crippen LogP contribution in [0.4, 0.5) is 14.9 Å². The number of benzene rings is 2. The topological polar surface area (TPSA) is 88.5 Å². The first-order valence-corrected chi connectivity index (χ1v) is 14.2. The molecule has 6 nitrogen and oxygen atoms in total. The molecule has 0 spiro atoms. The highest BCUT2D eigenvalue weighted by atomic mass is 35.5. The minimum atomic E-state index is -1.07. The first-order chi connectivity index (χ1) is 18.2. The fourth-order valence-corrected chi connectivity index (χ4v) is 7.51. The zero-order chi connectivity index (χ0) is 27.0. The molecule has 1 amide bonds. The summed E-state index contributed by atoms with van der Waals surface area (Å²) in [7, 11) is 0. The van der Waals surface area contributed by atoms with E-state index in [1.165, 1.54) is 46.3 Å². The number of aryl methyl sites for hydroxylation is 1. The first-order valence-electron chi connectivity index (χ1n) is 11.4. The standard InChI is InChI=1S/C27H20ClFN2O4S3/c1-13-25(30-27(34)35-14(2)15-6-4-3-5-7-15)26(38-31-13)23-12-22-21(37-23)11-20(36-22)17-10-18(28)16(8-19(17)29)9-24(32)33/h3-8,10-12,14H,9H2,1-2H3,(H,30,34)(H,32,33)/t14-/m1/s1. The maximum absolute atomic E-state index is 14.8. The maximum atomic E-state index is 14.8. The lowest BCUT2D eigenvalue weighted by Crippen LogP contribution is -2.16. The molecule has 194 valence electrons. The number of fused-ring (bicyclic) bond motifs is 1. The number of nitrogens with zero attached hydrogens (tertiary/aromatic N) is 1. The van der Waals surface area contributed by atoms with Gasteiger partial charge >= 0.3 is 12.1 Å². The third-order valence-electron chi connectivity index (χ3n) is 5.82. The summed E-state index contributed by atoms with van der Waals surface area (Å²) < 4.78 is 26.7. The Morgan fingerprint density at radius 2 is 1.79 bits per heavy atom. The lowest BCUT2D eigenvalue weighted by atomic mass is 10.1. The highest BCUT2D eigenvalue weighted by Gasteiger charge is 2.21. The molecule has 0 fully saturated rings. The Balaban J connectivity index is 1.37.